The molecule has 0 saturated heterocycles. The number of nitrogens with zero attached hydrogens (tertiary/aromatic N) is 3. The molecule has 1 N–H and O–H groups in total. The van der Waals surface area contributed by atoms with E-state index in [-0.39, 0.29) is 16.9 Å². The molecule has 3 aromatic rings. The molecule has 5 nitrogen and oxygen atoms in total. The Bertz CT molecular complexity index is 1060. The summed E-state index contributed by atoms with van der Waals surface area (Å²) in [6.07, 6.45) is -1.16. The van der Waals surface area contributed by atoms with Crippen LogP contribution < -0.4 is 10.1 Å². The Morgan fingerprint density at radius 3 is 2.67 bits per heavy atom. The van der Waals surface area contributed by atoms with Crippen molar-refractivity contribution in [3.8, 4) is 17.7 Å². The standard InChI is InChI=1S/C21H19F3N4OS/c1-3-7-13(2)14-8-4-5-10-16(14)29-19-15(9-6-11-26-19)27-20-28-18(21(22,23)24)17(12-25)30-20/h4-6,8-11,13H,3,7H2,1-2H3,(H,27,28). The minimum absolute atomic E-state index is 0.0654. The maximum Gasteiger partial charge on any atom is 0.435 e. The first kappa shape index (κ1) is 21.6. The molecule has 0 radical (unpaired) electrons. The molecule has 0 aliphatic rings. The topological polar surface area (TPSA) is 70.8 Å². The summed E-state index contributed by atoms with van der Waals surface area (Å²) in [6.45, 7) is 4.22. The summed E-state index contributed by atoms with van der Waals surface area (Å²) in [5, 5.41) is 11.7. The van der Waals surface area contributed by atoms with E-state index in [0.29, 0.717) is 22.8 Å². The molecule has 0 aliphatic heterocycles. The first-order valence-electron chi connectivity index (χ1n) is 9.30. The maximum atomic E-state index is 13.1. The van der Waals surface area contributed by atoms with Gasteiger partial charge in [-0.1, -0.05) is 49.8 Å². The van der Waals surface area contributed by atoms with Crippen molar-refractivity contribution in [3.05, 3.63) is 58.7 Å². The average Bonchev–Trinajstić information content (AvgIpc) is 3.13. The van der Waals surface area contributed by atoms with Gasteiger partial charge in [0.05, 0.1) is 0 Å². The number of halogens is 3. The second kappa shape index (κ2) is 9.13. The quantitative estimate of drug-likeness (QED) is 0.441. The second-order valence-electron chi connectivity index (χ2n) is 6.62. The zero-order valence-electron chi connectivity index (χ0n) is 16.3. The number of thiazole rings is 1. The normalized spacial score (nSPS) is 12.3. The predicted octanol–water partition coefficient (Wildman–Crippen LogP) is 6.87. The number of benzene rings is 1. The lowest BCUT2D eigenvalue weighted by Crippen LogP contribution is -2.07. The minimum Gasteiger partial charge on any atom is -0.437 e. The van der Waals surface area contributed by atoms with Crippen LogP contribution in [0.3, 0.4) is 0 Å². The van der Waals surface area contributed by atoms with Crippen molar-refractivity contribution in [2.24, 2.45) is 0 Å². The smallest absolute Gasteiger partial charge is 0.435 e. The molecule has 1 atom stereocenters. The molecule has 1 unspecified atom stereocenters. The lowest BCUT2D eigenvalue weighted by molar-refractivity contribution is -0.140. The molecule has 0 saturated carbocycles. The average molecular weight is 432 g/mol. The number of nitrogens with one attached hydrogen (secondary N) is 1. The molecule has 3 rings (SSSR count). The van der Waals surface area contributed by atoms with Crippen LogP contribution in [0.1, 0.15) is 48.7 Å². The highest BCUT2D eigenvalue weighted by molar-refractivity contribution is 7.16. The Hall–Kier alpha value is -3.12. The van der Waals surface area contributed by atoms with Gasteiger partial charge in [-0.25, -0.2) is 9.97 Å². The van der Waals surface area contributed by atoms with E-state index in [2.05, 4.69) is 29.1 Å². The van der Waals surface area contributed by atoms with Gasteiger partial charge in [0.1, 0.15) is 22.4 Å². The van der Waals surface area contributed by atoms with Gasteiger partial charge >= 0.3 is 6.18 Å². The fraction of sp³-hybridized carbons (Fsp3) is 0.286. The Morgan fingerprint density at radius 2 is 2.00 bits per heavy atom. The molecular formula is C21H19F3N4OS. The molecule has 156 valence electrons. The molecule has 0 fully saturated rings. The molecule has 2 heterocycles. The zero-order valence-corrected chi connectivity index (χ0v) is 17.1. The van der Waals surface area contributed by atoms with E-state index in [1.807, 2.05) is 24.3 Å². The van der Waals surface area contributed by atoms with Crippen LogP contribution in [0, 0.1) is 11.3 Å². The number of aromatic nitrogens is 2. The van der Waals surface area contributed by atoms with E-state index < -0.39 is 16.7 Å². The third-order valence-corrected chi connectivity index (χ3v) is 5.26. The fourth-order valence-corrected chi connectivity index (χ4v) is 3.79. The van der Waals surface area contributed by atoms with Gasteiger partial charge in [-0.05, 0) is 36.1 Å². The van der Waals surface area contributed by atoms with Crippen molar-refractivity contribution in [1.29, 1.82) is 5.26 Å². The van der Waals surface area contributed by atoms with Gasteiger partial charge in [0.2, 0.25) is 5.88 Å². The first-order chi connectivity index (χ1) is 14.3. The van der Waals surface area contributed by atoms with Gasteiger partial charge in [-0.2, -0.15) is 18.4 Å². The maximum absolute atomic E-state index is 13.1. The van der Waals surface area contributed by atoms with Gasteiger partial charge in [-0.3, -0.25) is 0 Å². The highest BCUT2D eigenvalue weighted by Crippen LogP contribution is 2.39. The number of hydrogen-bond acceptors (Lipinski definition) is 6. The van der Waals surface area contributed by atoms with Crippen LogP contribution in [0.2, 0.25) is 0 Å². The summed E-state index contributed by atoms with van der Waals surface area (Å²) in [5.74, 6) is 1.11. The summed E-state index contributed by atoms with van der Waals surface area (Å²) >= 11 is 0.624. The van der Waals surface area contributed by atoms with Crippen LogP contribution in [0.4, 0.5) is 24.0 Å². The lowest BCUT2D eigenvalue weighted by atomic mass is 9.96. The molecule has 2 aromatic heterocycles. The molecule has 0 spiro atoms. The number of nitriles is 1. The van der Waals surface area contributed by atoms with Gasteiger partial charge < -0.3 is 10.1 Å². The Kier molecular flexibility index (Phi) is 6.57. The largest absolute Gasteiger partial charge is 0.437 e. The van der Waals surface area contributed by atoms with E-state index in [1.54, 1.807) is 18.2 Å². The minimum atomic E-state index is -4.70. The van der Waals surface area contributed by atoms with Crippen LogP contribution in [-0.4, -0.2) is 9.97 Å². The Morgan fingerprint density at radius 1 is 1.23 bits per heavy atom. The van der Waals surface area contributed by atoms with E-state index in [0.717, 1.165) is 18.4 Å². The predicted molar refractivity (Wildman–Crippen MR) is 109 cm³/mol. The summed E-state index contributed by atoms with van der Waals surface area (Å²) < 4.78 is 45.2. The number of pyridine rings is 1. The summed E-state index contributed by atoms with van der Waals surface area (Å²) in [6, 6.07) is 12.4. The SMILES string of the molecule is CCCC(C)c1ccccc1Oc1ncccc1Nc1nc(C(F)(F)F)c(C#N)s1. The highest BCUT2D eigenvalue weighted by atomic mass is 32.1. The van der Waals surface area contributed by atoms with Crippen LogP contribution in [0.15, 0.2) is 42.6 Å². The van der Waals surface area contributed by atoms with Crippen molar-refractivity contribution in [3.63, 3.8) is 0 Å². The van der Waals surface area contributed by atoms with Crippen LogP contribution in [-0.2, 0) is 6.18 Å². The molecular weight excluding hydrogens is 413 g/mol. The molecule has 9 heteroatoms. The molecule has 0 amide bonds. The monoisotopic (exact) mass is 432 g/mol. The zero-order chi connectivity index (χ0) is 21.7. The molecule has 0 aliphatic carbocycles. The van der Waals surface area contributed by atoms with Crippen molar-refractivity contribution in [1.82, 2.24) is 9.97 Å². The van der Waals surface area contributed by atoms with E-state index in [4.69, 9.17) is 10.00 Å². The third-order valence-electron chi connectivity index (χ3n) is 4.39. The number of hydrogen-bond donors (Lipinski definition) is 1. The van der Waals surface area contributed by atoms with Crippen molar-refractivity contribution in [2.75, 3.05) is 5.32 Å². The Balaban J connectivity index is 1.91. The van der Waals surface area contributed by atoms with Gasteiger partial charge in [0, 0.05) is 6.20 Å². The summed E-state index contributed by atoms with van der Waals surface area (Å²) in [7, 11) is 0. The van der Waals surface area contributed by atoms with E-state index in [1.165, 1.54) is 6.20 Å². The van der Waals surface area contributed by atoms with Gasteiger partial charge in [-0.15, -0.1) is 0 Å². The summed E-state index contributed by atoms with van der Waals surface area (Å²) in [5.41, 5.74) is 0.168. The van der Waals surface area contributed by atoms with Crippen molar-refractivity contribution >= 4 is 22.2 Å². The number of rotatable bonds is 7. The van der Waals surface area contributed by atoms with Crippen LogP contribution in [0.5, 0.6) is 11.6 Å². The van der Waals surface area contributed by atoms with Crippen molar-refractivity contribution < 1.29 is 17.9 Å². The number of ether oxygens (including phenoxy) is 1. The molecule has 0 bridgehead atoms. The first-order valence-corrected chi connectivity index (χ1v) is 10.1. The molecule has 1 aromatic carbocycles. The second-order valence-corrected chi connectivity index (χ2v) is 7.62. The number of alkyl halides is 3. The summed E-state index contributed by atoms with van der Waals surface area (Å²) in [4.78, 5) is 7.26. The molecule has 30 heavy (non-hydrogen) atoms. The third kappa shape index (κ3) is 4.89. The van der Waals surface area contributed by atoms with Crippen molar-refractivity contribution in [2.45, 2.75) is 38.8 Å². The van der Waals surface area contributed by atoms with Gasteiger partial charge in [0.15, 0.2) is 10.8 Å². The Labute approximate surface area is 176 Å². The van der Waals surface area contributed by atoms with Crippen LogP contribution >= 0.6 is 11.3 Å². The van der Waals surface area contributed by atoms with E-state index >= 15 is 0 Å². The van der Waals surface area contributed by atoms with E-state index in [9.17, 15) is 13.2 Å². The van der Waals surface area contributed by atoms with Gasteiger partial charge in [0.25, 0.3) is 0 Å². The van der Waals surface area contributed by atoms with Crippen LogP contribution in [0.25, 0.3) is 0 Å². The fourth-order valence-electron chi connectivity index (χ4n) is 3.00. The highest BCUT2D eigenvalue weighted by Gasteiger charge is 2.38. The lowest BCUT2D eigenvalue weighted by Gasteiger charge is -2.17. The number of para-hydroxylation sites is 1. The number of anilines is 2.